The lowest BCUT2D eigenvalue weighted by Crippen LogP contribution is -2.41. The summed E-state index contributed by atoms with van der Waals surface area (Å²) < 4.78 is 5.29. The van der Waals surface area contributed by atoms with Gasteiger partial charge in [-0.1, -0.05) is 6.07 Å². The molecule has 0 bridgehead atoms. The van der Waals surface area contributed by atoms with Crippen LogP contribution in [0, 0.1) is 6.92 Å². The number of ether oxygens (including phenoxy) is 1. The second-order valence-electron chi connectivity index (χ2n) is 5.79. The molecule has 1 amide bonds. The Bertz CT molecular complexity index is 763. The molecule has 3 rings (SSSR count). The van der Waals surface area contributed by atoms with Crippen LogP contribution in [-0.2, 0) is 4.74 Å². The normalized spacial score (nSPS) is 15.7. The number of aryl methyl sites for hydroxylation is 1. The molecule has 2 N–H and O–H groups in total. The Labute approximate surface area is 134 Å². The van der Waals surface area contributed by atoms with E-state index in [2.05, 4.69) is 15.2 Å². The number of morpholine rings is 1. The van der Waals surface area contributed by atoms with E-state index in [9.17, 15) is 9.59 Å². The predicted molar refractivity (Wildman–Crippen MR) is 88.9 cm³/mol. The number of fused-ring (bicyclic) bond motifs is 1. The number of H-pyrrole nitrogens is 1. The number of rotatable bonds is 4. The topological polar surface area (TPSA) is 74.4 Å². The number of aromatic nitrogens is 1. The molecule has 6 nitrogen and oxygen atoms in total. The third kappa shape index (κ3) is 3.60. The van der Waals surface area contributed by atoms with Crippen molar-refractivity contribution in [1.29, 1.82) is 0 Å². The van der Waals surface area contributed by atoms with E-state index < -0.39 is 0 Å². The molecule has 1 aromatic heterocycles. The molecule has 1 aliphatic rings. The number of hydrogen-bond donors (Lipinski definition) is 2. The van der Waals surface area contributed by atoms with Gasteiger partial charge in [0.05, 0.1) is 13.2 Å². The first kappa shape index (κ1) is 15.7. The van der Waals surface area contributed by atoms with Gasteiger partial charge in [-0.05, 0) is 24.6 Å². The number of aromatic amines is 1. The van der Waals surface area contributed by atoms with Crippen LogP contribution in [0.3, 0.4) is 0 Å². The molecular weight excluding hydrogens is 294 g/mol. The third-order valence-electron chi connectivity index (χ3n) is 4.10. The van der Waals surface area contributed by atoms with Gasteiger partial charge in [0.1, 0.15) is 5.56 Å². The summed E-state index contributed by atoms with van der Waals surface area (Å²) >= 11 is 0. The van der Waals surface area contributed by atoms with Crippen molar-refractivity contribution in [2.24, 2.45) is 0 Å². The van der Waals surface area contributed by atoms with Crippen molar-refractivity contribution in [3.05, 3.63) is 45.7 Å². The molecule has 23 heavy (non-hydrogen) atoms. The average molecular weight is 315 g/mol. The minimum Gasteiger partial charge on any atom is -0.379 e. The molecule has 2 heterocycles. The first-order chi connectivity index (χ1) is 11.1. The number of benzene rings is 1. The fraction of sp³-hybridized carbons (Fsp3) is 0.412. The van der Waals surface area contributed by atoms with Gasteiger partial charge in [0.2, 0.25) is 5.43 Å². The molecule has 0 unspecified atom stereocenters. The summed E-state index contributed by atoms with van der Waals surface area (Å²) in [4.78, 5) is 29.9. The largest absolute Gasteiger partial charge is 0.379 e. The molecule has 1 fully saturated rings. The second-order valence-corrected chi connectivity index (χ2v) is 5.79. The minimum atomic E-state index is -0.331. The number of nitrogens with zero attached hydrogens (tertiary/aromatic N) is 1. The highest BCUT2D eigenvalue weighted by atomic mass is 16.5. The van der Waals surface area contributed by atoms with Crippen molar-refractivity contribution in [2.75, 3.05) is 39.4 Å². The van der Waals surface area contributed by atoms with Crippen LogP contribution in [0.4, 0.5) is 0 Å². The summed E-state index contributed by atoms with van der Waals surface area (Å²) in [5, 5.41) is 3.36. The van der Waals surface area contributed by atoms with E-state index in [1.807, 2.05) is 19.1 Å². The molecule has 1 aromatic carbocycles. The van der Waals surface area contributed by atoms with E-state index in [1.165, 1.54) is 6.20 Å². The van der Waals surface area contributed by atoms with Crippen LogP contribution in [0.15, 0.2) is 29.2 Å². The number of hydrogen-bond acceptors (Lipinski definition) is 4. The molecule has 2 aromatic rings. The van der Waals surface area contributed by atoms with Gasteiger partial charge in [-0.15, -0.1) is 0 Å². The number of nitrogens with one attached hydrogen (secondary N) is 2. The molecule has 1 aliphatic heterocycles. The number of pyridine rings is 1. The molecule has 6 heteroatoms. The number of amides is 1. The fourth-order valence-electron chi connectivity index (χ4n) is 2.75. The van der Waals surface area contributed by atoms with Gasteiger partial charge in [0.25, 0.3) is 5.91 Å². The lowest BCUT2D eigenvalue weighted by Gasteiger charge is -2.26. The van der Waals surface area contributed by atoms with Crippen LogP contribution in [-0.4, -0.2) is 55.2 Å². The van der Waals surface area contributed by atoms with Crippen LogP contribution in [0.5, 0.6) is 0 Å². The molecule has 0 radical (unpaired) electrons. The maximum Gasteiger partial charge on any atom is 0.256 e. The fourth-order valence-corrected chi connectivity index (χ4v) is 2.75. The van der Waals surface area contributed by atoms with Gasteiger partial charge in [-0.2, -0.15) is 0 Å². The molecule has 0 atom stereocenters. The van der Waals surface area contributed by atoms with Crippen molar-refractivity contribution in [3.8, 4) is 0 Å². The minimum absolute atomic E-state index is 0.156. The summed E-state index contributed by atoms with van der Waals surface area (Å²) in [6.45, 7) is 6.47. The van der Waals surface area contributed by atoms with E-state index in [-0.39, 0.29) is 16.9 Å². The SMILES string of the molecule is Cc1ccc2c(=O)c(C(=O)NCCN3CCOCC3)c[nH]c2c1. The van der Waals surface area contributed by atoms with E-state index in [1.54, 1.807) is 6.07 Å². The van der Waals surface area contributed by atoms with E-state index in [0.29, 0.717) is 11.9 Å². The highest BCUT2D eigenvalue weighted by Crippen LogP contribution is 2.10. The summed E-state index contributed by atoms with van der Waals surface area (Å²) in [7, 11) is 0. The van der Waals surface area contributed by atoms with Gasteiger partial charge in [0, 0.05) is 43.3 Å². The smallest absolute Gasteiger partial charge is 0.256 e. The Kier molecular flexibility index (Phi) is 4.73. The molecular formula is C17H21N3O3. The van der Waals surface area contributed by atoms with Crippen LogP contribution >= 0.6 is 0 Å². The highest BCUT2D eigenvalue weighted by molar-refractivity contribution is 5.97. The maximum absolute atomic E-state index is 12.4. The highest BCUT2D eigenvalue weighted by Gasteiger charge is 2.14. The first-order valence-corrected chi connectivity index (χ1v) is 7.85. The van der Waals surface area contributed by atoms with E-state index >= 15 is 0 Å². The summed E-state index contributed by atoms with van der Waals surface area (Å²) in [6, 6.07) is 5.53. The van der Waals surface area contributed by atoms with Gasteiger partial charge >= 0.3 is 0 Å². The molecule has 0 aliphatic carbocycles. The molecule has 1 saturated heterocycles. The zero-order valence-electron chi connectivity index (χ0n) is 13.2. The zero-order valence-corrected chi connectivity index (χ0v) is 13.2. The van der Waals surface area contributed by atoms with Crippen molar-refractivity contribution in [2.45, 2.75) is 6.92 Å². The van der Waals surface area contributed by atoms with Gasteiger partial charge in [-0.25, -0.2) is 0 Å². The Hall–Kier alpha value is -2.18. The van der Waals surface area contributed by atoms with E-state index in [4.69, 9.17) is 4.74 Å². The summed E-state index contributed by atoms with van der Waals surface area (Å²) in [5.74, 6) is -0.331. The second kappa shape index (κ2) is 6.93. The Morgan fingerprint density at radius 3 is 2.91 bits per heavy atom. The zero-order chi connectivity index (χ0) is 16.2. The Morgan fingerprint density at radius 1 is 1.35 bits per heavy atom. The van der Waals surface area contributed by atoms with Crippen LogP contribution in [0.25, 0.3) is 10.9 Å². The van der Waals surface area contributed by atoms with Crippen molar-refractivity contribution < 1.29 is 9.53 Å². The number of carbonyl (C=O) groups excluding carboxylic acids is 1. The average Bonchev–Trinajstić information content (AvgIpc) is 2.56. The van der Waals surface area contributed by atoms with Crippen molar-refractivity contribution >= 4 is 16.8 Å². The quantitative estimate of drug-likeness (QED) is 0.879. The Morgan fingerprint density at radius 2 is 2.13 bits per heavy atom. The standard InChI is InChI=1S/C17H21N3O3/c1-12-2-3-13-15(10-12)19-11-14(16(13)21)17(22)18-4-5-20-6-8-23-9-7-20/h2-3,10-11H,4-9H2,1H3,(H,18,22)(H,19,21). The third-order valence-corrected chi connectivity index (χ3v) is 4.10. The monoisotopic (exact) mass is 315 g/mol. The van der Waals surface area contributed by atoms with Gasteiger partial charge < -0.3 is 15.0 Å². The van der Waals surface area contributed by atoms with Gasteiger partial charge in [-0.3, -0.25) is 14.5 Å². The lowest BCUT2D eigenvalue weighted by atomic mass is 10.1. The lowest BCUT2D eigenvalue weighted by molar-refractivity contribution is 0.0383. The molecule has 0 saturated carbocycles. The van der Waals surface area contributed by atoms with Crippen molar-refractivity contribution in [1.82, 2.24) is 15.2 Å². The van der Waals surface area contributed by atoms with Crippen LogP contribution in [0.1, 0.15) is 15.9 Å². The number of carbonyl (C=O) groups is 1. The van der Waals surface area contributed by atoms with Crippen LogP contribution < -0.4 is 10.7 Å². The van der Waals surface area contributed by atoms with Crippen molar-refractivity contribution in [3.63, 3.8) is 0 Å². The first-order valence-electron chi connectivity index (χ1n) is 7.85. The summed E-state index contributed by atoms with van der Waals surface area (Å²) in [6.07, 6.45) is 1.49. The van der Waals surface area contributed by atoms with Gasteiger partial charge in [0.15, 0.2) is 0 Å². The summed E-state index contributed by atoms with van der Waals surface area (Å²) in [5.41, 5.74) is 1.74. The molecule has 0 spiro atoms. The Balaban J connectivity index is 1.67. The predicted octanol–water partition coefficient (Wildman–Crippen LogP) is 0.899. The van der Waals surface area contributed by atoms with E-state index in [0.717, 1.165) is 43.9 Å². The molecule has 122 valence electrons. The van der Waals surface area contributed by atoms with Crippen LogP contribution in [0.2, 0.25) is 0 Å². The maximum atomic E-state index is 12.4.